The van der Waals surface area contributed by atoms with E-state index in [0.29, 0.717) is 6.29 Å². The van der Waals surface area contributed by atoms with Crippen LogP contribution in [0, 0.1) is 5.82 Å². The first kappa shape index (κ1) is 9.86. The zero-order valence-electron chi connectivity index (χ0n) is 7.41. The highest BCUT2D eigenvalue weighted by molar-refractivity contribution is 6.33. The lowest BCUT2D eigenvalue weighted by atomic mass is 10.1. The first-order chi connectivity index (χ1) is 7.24. The molecule has 2 rings (SSSR count). The number of hydrogen-bond donors (Lipinski definition) is 0. The van der Waals surface area contributed by atoms with Crippen LogP contribution < -0.4 is 0 Å². The standard InChI is InChI=1S/C10H5ClFNO2/c11-7-2-1-3-8(12)9(7)10-6(4-14)5-15-13-10/h1-5H. The molecule has 0 aliphatic carbocycles. The Hall–Kier alpha value is -1.68. The van der Waals surface area contributed by atoms with Gasteiger partial charge in [0.15, 0.2) is 6.29 Å². The molecule has 2 aromatic rings. The van der Waals surface area contributed by atoms with Gasteiger partial charge in [-0.1, -0.05) is 22.8 Å². The Bertz CT molecular complexity index is 490. The van der Waals surface area contributed by atoms with E-state index in [1.54, 1.807) is 0 Å². The van der Waals surface area contributed by atoms with E-state index in [9.17, 15) is 9.18 Å². The van der Waals surface area contributed by atoms with Crippen LogP contribution in [-0.2, 0) is 0 Å². The van der Waals surface area contributed by atoms with Crippen molar-refractivity contribution < 1.29 is 13.7 Å². The third kappa shape index (κ3) is 1.64. The van der Waals surface area contributed by atoms with Crippen molar-refractivity contribution in [1.82, 2.24) is 5.16 Å². The lowest BCUT2D eigenvalue weighted by Gasteiger charge is -2.01. The van der Waals surface area contributed by atoms with Crippen LogP contribution in [0.2, 0.25) is 5.02 Å². The van der Waals surface area contributed by atoms with Crippen LogP contribution in [0.5, 0.6) is 0 Å². The van der Waals surface area contributed by atoms with E-state index in [0.717, 1.165) is 6.26 Å². The average Bonchev–Trinajstić information content (AvgIpc) is 2.65. The van der Waals surface area contributed by atoms with Crippen molar-refractivity contribution in [3.63, 3.8) is 0 Å². The van der Waals surface area contributed by atoms with E-state index in [1.165, 1.54) is 18.2 Å². The van der Waals surface area contributed by atoms with Gasteiger partial charge in [0.05, 0.1) is 16.1 Å². The molecule has 0 saturated carbocycles. The Balaban J connectivity index is 2.68. The van der Waals surface area contributed by atoms with Crippen molar-refractivity contribution in [2.45, 2.75) is 0 Å². The van der Waals surface area contributed by atoms with E-state index in [2.05, 4.69) is 9.68 Å². The minimum absolute atomic E-state index is 0.0787. The molecule has 1 aromatic carbocycles. The quantitative estimate of drug-likeness (QED) is 0.738. The van der Waals surface area contributed by atoms with Gasteiger partial charge in [-0.15, -0.1) is 0 Å². The third-order valence-electron chi connectivity index (χ3n) is 1.92. The van der Waals surface area contributed by atoms with E-state index in [-0.39, 0.29) is 21.8 Å². The summed E-state index contributed by atoms with van der Waals surface area (Å²) in [6, 6.07) is 4.23. The predicted molar refractivity (Wildman–Crippen MR) is 52.3 cm³/mol. The number of aromatic nitrogens is 1. The zero-order chi connectivity index (χ0) is 10.8. The molecule has 0 saturated heterocycles. The molecular weight excluding hydrogens is 221 g/mol. The molecule has 1 heterocycles. The Kier molecular flexibility index (Phi) is 2.51. The molecule has 76 valence electrons. The monoisotopic (exact) mass is 225 g/mol. The van der Waals surface area contributed by atoms with E-state index < -0.39 is 5.82 Å². The molecular formula is C10H5ClFNO2. The Morgan fingerprint density at radius 1 is 1.47 bits per heavy atom. The van der Waals surface area contributed by atoms with Crippen LogP contribution in [0.25, 0.3) is 11.3 Å². The van der Waals surface area contributed by atoms with Crippen LogP contribution in [0.15, 0.2) is 29.0 Å². The smallest absolute Gasteiger partial charge is 0.155 e. The highest BCUT2D eigenvalue weighted by Gasteiger charge is 2.16. The summed E-state index contributed by atoms with van der Waals surface area (Å²) in [5.74, 6) is -0.542. The van der Waals surface area contributed by atoms with Crippen molar-refractivity contribution in [3.05, 3.63) is 40.9 Å². The van der Waals surface area contributed by atoms with Gasteiger partial charge in [-0.05, 0) is 12.1 Å². The third-order valence-corrected chi connectivity index (χ3v) is 2.24. The molecule has 0 amide bonds. The van der Waals surface area contributed by atoms with Gasteiger partial charge >= 0.3 is 0 Å². The second kappa shape index (κ2) is 3.82. The maximum atomic E-state index is 13.4. The molecule has 0 atom stereocenters. The van der Waals surface area contributed by atoms with Crippen LogP contribution in [0.3, 0.4) is 0 Å². The van der Waals surface area contributed by atoms with E-state index >= 15 is 0 Å². The van der Waals surface area contributed by atoms with Gasteiger partial charge < -0.3 is 4.52 Å². The van der Waals surface area contributed by atoms with Gasteiger partial charge in [-0.3, -0.25) is 4.79 Å². The second-order valence-electron chi connectivity index (χ2n) is 2.83. The Morgan fingerprint density at radius 2 is 2.27 bits per heavy atom. The van der Waals surface area contributed by atoms with Crippen LogP contribution >= 0.6 is 11.6 Å². The van der Waals surface area contributed by atoms with Gasteiger partial charge in [0.2, 0.25) is 0 Å². The van der Waals surface area contributed by atoms with Crippen LogP contribution in [0.1, 0.15) is 10.4 Å². The first-order valence-corrected chi connectivity index (χ1v) is 4.45. The molecule has 0 radical (unpaired) electrons. The lowest BCUT2D eigenvalue weighted by molar-refractivity contribution is 0.112. The number of aldehydes is 1. The van der Waals surface area contributed by atoms with Crippen molar-refractivity contribution in [2.75, 3.05) is 0 Å². The largest absolute Gasteiger partial charge is 0.363 e. The minimum Gasteiger partial charge on any atom is -0.363 e. The van der Waals surface area contributed by atoms with Gasteiger partial charge in [-0.2, -0.15) is 0 Å². The van der Waals surface area contributed by atoms with Crippen molar-refractivity contribution in [1.29, 1.82) is 0 Å². The molecule has 0 N–H and O–H groups in total. The van der Waals surface area contributed by atoms with Gasteiger partial charge in [0.25, 0.3) is 0 Å². The molecule has 0 spiro atoms. The fourth-order valence-corrected chi connectivity index (χ4v) is 1.49. The lowest BCUT2D eigenvalue weighted by Crippen LogP contribution is -1.89. The number of benzene rings is 1. The van der Waals surface area contributed by atoms with E-state index in [4.69, 9.17) is 11.6 Å². The highest BCUT2D eigenvalue weighted by atomic mass is 35.5. The Morgan fingerprint density at radius 3 is 2.93 bits per heavy atom. The molecule has 0 fully saturated rings. The average molecular weight is 226 g/mol. The number of carbonyl (C=O) groups is 1. The first-order valence-electron chi connectivity index (χ1n) is 4.08. The summed E-state index contributed by atoms with van der Waals surface area (Å²) < 4.78 is 18.0. The van der Waals surface area contributed by atoms with Crippen LogP contribution in [-0.4, -0.2) is 11.4 Å². The van der Waals surface area contributed by atoms with Crippen molar-refractivity contribution in [3.8, 4) is 11.3 Å². The zero-order valence-corrected chi connectivity index (χ0v) is 8.16. The van der Waals surface area contributed by atoms with Crippen LogP contribution in [0.4, 0.5) is 4.39 Å². The number of nitrogens with zero attached hydrogens (tertiary/aromatic N) is 1. The maximum absolute atomic E-state index is 13.4. The van der Waals surface area contributed by atoms with E-state index in [1.807, 2.05) is 0 Å². The number of rotatable bonds is 2. The number of hydrogen-bond acceptors (Lipinski definition) is 3. The summed E-state index contributed by atoms with van der Waals surface area (Å²) >= 11 is 5.81. The number of carbonyl (C=O) groups excluding carboxylic acids is 1. The fraction of sp³-hybridized carbons (Fsp3) is 0. The second-order valence-corrected chi connectivity index (χ2v) is 3.24. The molecule has 0 unspecified atom stereocenters. The summed E-state index contributed by atoms with van der Waals surface area (Å²) in [4.78, 5) is 10.6. The summed E-state index contributed by atoms with van der Waals surface area (Å²) in [6.07, 6.45) is 1.68. The molecule has 0 aliphatic heterocycles. The molecule has 3 nitrogen and oxygen atoms in total. The topological polar surface area (TPSA) is 43.1 Å². The van der Waals surface area contributed by atoms with Gasteiger partial charge in [0.1, 0.15) is 17.8 Å². The summed E-state index contributed by atoms with van der Waals surface area (Å²) in [7, 11) is 0. The van der Waals surface area contributed by atoms with Crippen molar-refractivity contribution >= 4 is 17.9 Å². The summed E-state index contributed by atoms with van der Waals surface area (Å²) in [5, 5.41) is 3.74. The van der Waals surface area contributed by atoms with Gasteiger partial charge in [-0.25, -0.2) is 4.39 Å². The minimum atomic E-state index is -0.542. The Labute approximate surface area is 89.4 Å². The highest BCUT2D eigenvalue weighted by Crippen LogP contribution is 2.30. The van der Waals surface area contributed by atoms with Gasteiger partial charge in [0, 0.05) is 0 Å². The normalized spacial score (nSPS) is 10.3. The predicted octanol–water partition coefficient (Wildman–Crippen LogP) is 2.95. The summed E-state index contributed by atoms with van der Waals surface area (Å²) in [6.45, 7) is 0. The SMILES string of the molecule is O=Cc1conc1-c1c(F)cccc1Cl. The molecule has 0 aliphatic rings. The molecule has 15 heavy (non-hydrogen) atoms. The maximum Gasteiger partial charge on any atom is 0.155 e. The number of halogens is 2. The fourth-order valence-electron chi connectivity index (χ4n) is 1.24. The summed E-state index contributed by atoms with van der Waals surface area (Å²) in [5.41, 5.74) is 0.366. The molecule has 0 bridgehead atoms. The molecule has 5 heteroatoms. The molecule has 1 aromatic heterocycles. The van der Waals surface area contributed by atoms with Crippen molar-refractivity contribution in [2.24, 2.45) is 0 Å².